The van der Waals surface area contributed by atoms with E-state index in [0.29, 0.717) is 33.9 Å². The Morgan fingerprint density at radius 3 is 2.77 bits per heavy atom. The topological polar surface area (TPSA) is 99.6 Å². The number of methoxy groups -OCH3 is 2. The zero-order valence-corrected chi connectivity index (χ0v) is 18.5. The summed E-state index contributed by atoms with van der Waals surface area (Å²) in [5.74, 6) is 0.800. The second kappa shape index (κ2) is 8.58. The van der Waals surface area contributed by atoms with E-state index in [9.17, 15) is 14.4 Å². The Labute approximate surface area is 182 Å². The van der Waals surface area contributed by atoms with E-state index in [2.05, 4.69) is 4.98 Å². The van der Waals surface area contributed by atoms with Gasteiger partial charge >= 0.3 is 11.7 Å². The average molecular weight is 445 g/mol. The van der Waals surface area contributed by atoms with Crippen LogP contribution in [-0.2, 0) is 22.5 Å². The van der Waals surface area contributed by atoms with Crippen molar-refractivity contribution in [3.8, 4) is 11.5 Å². The van der Waals surface area contributed by atoms with Crippen molar-refractivity contribution in [1.29, 1.82) is 0 Å². The molecule has 31 heavy (non-hydrogen) atoms. The van der Waals surface area contributed by atoms with Crippen LogP contribution < -0.4 is 20.7 Å². The summed E-state index contributed by atoms with van der Waals surface area (Å²) in [6.45, 7) is 2.16. The first-order valence-corrected chi connectivity index (χ1v) is 10.9. The lowest BCUT2D eigenvalue weighted by Gasteiger charge is -2.13. The summed E-state index contributed by atoms with van der Waals surface area (Å²) in [5, 5.41) is 0.499. The van der Waals surface area contributed by atoms with Gasteiger partial charge in [-0.15, -0.1) is 11.3 Å². The molecule has 0 bridgehead atoms. The standard InChI is InChI=1S/C22H24N2O6S/c1-4-30-17(25)9-12-6-8-16-18(12)19-20(31-16)23-22(27)24(21(19)26)11-13-5-7-14(28-2)10-15(13)29-3/h5,7,10,12H,4,6,8-9,11H2,1-3H3,(H,23,27). The molecule has 0 saturated carbocycles. The fraction of sp³-hybridized carbons (Fsp3) is 0.409. The molecule has 1 unspecified atom stereocenters. The average Bonchev–Trinajstić information content (AvgIpc) is 3.30. The molecule has 0 aliphatic heterocycles. The summed E-state index contributed by atoms with van der Waals surface area (Å²) in [4.78, 5) is 42.7. The zero-order chi connectivity index (χ0) is 22.1. The molecule has 3 aromatic rings. The number of hydrogen-bond acceptors (Lipinski definition) is 7. The first-order valence-electron chi connectivity index (χ1n) is 10.1. The third-order valence-corrected chi connectivity index (χ3v) is 6.80. The molecule has 4 rings (SSSR count). The number of aryl methyl sites for hydroxylation is 1. The van der Waals surface area contributed by atoms with Crippen LogP contribution in [0.3, 0.4) is 0 Å². The Kier molecular flexibility index (Phi) is 5.86. The fourth-order valence-corrected chi connectivity index (χ4v) is 5.45. The number of aromatic nitrogens is 2. The lowest BCUT2D eigenvalue weighted by molar-refractivity contribution is -0.143. The molecule has 0 saturated heterocycles. The molecule has 0 radical (unpaired) electrons. The highest BCUT2D eigenvalue weighted by Crippen LogP contribution is 2.43. The number of fused-ring (bicyclic) bond motifs is 3. The van der Waals surface area contributed by atoms with Crippen LogP contribution in [-0.4, -0.2) is 36.3 Å². The Hall–Kier alpha value is -3.07. The van der Waals surface area contributed by atoms with Gasteiger partial charge in [0.05, 0.1) is 39.2 Å². The Morgan fingerprint density at radius 2 is 2.06 bits per heavy atom. The number of carbonyl (C=O) groups excluding carboxylic acids is 1. The van der Waals surface area contributed by atoms with Crippen molar-refractivity contribution in [1.82, 2.24) is 9.55 Å². The molecule has 2 aromatic heterocycles. The maximum Gasteiger partial charge on any atom is 0.329 e. The van der Waals surface area contributed by atoms with E-state index in [1.165, 1.54) is 23.0 Å². The number of ether oxygens (including phenoxy) is 3. The van der Waals surface area contributed by atoms with Crippen molar-refractivity contribution in [2.45, 2.75) is 38.6 Å². The smallest absolute Gasteiger partial charge is 0.329 e. The van der Waals surface area contributed by atoms with E-state index >= 15 is 0 Å². The minimum absolute atomic E-state index is 0.0600. The number of nitrogens with one attached hydrogen (secondary N) is 1. The van der Waals surface area contributed by atoms with E-state index in [4.69, 9.17) is 14.2 Å². The number of esters is 1. The van der Waals surface area contributed by atoms with Gasteiger partial charge in [0.1, 0.15) is 16.3 Å². The van der Waals surface area contributed by atoms with E-state index in [1.807, 2.05) is 0 Å². The van der Waals surface area contributed by atoms with Gasteiger partial charge in [-0.2, -0.15) is 0 Å². The van der Waals surface area contributed by atoms with Crippen molar-refractivity contribution >= 4 is 27.5 Å². The van der Waals surface area contributed by atoms with Gasteiger partial charge < -0.3 is 14.2 Å². The summed E-state index contributed by atoms with van der Waals surface area (Å²) in [5.41, 5.74) is 0.733. The van der Waals surface area contributed by atoms with Crippen LogP contribution in [0.1, 0.15) is 41.7 Å². The van der Waals surface area contributed by atoms with E-state index in [-0.39, 0.29) is 30.4 Å². The first kappa shape index (κ1) is 21.2. The quantitative estimate of drug-likeness (QED) is 0.563. The number of aromatic amines is 1. The molecule has 0 amide bonds. The highest BCUT2D eigenvalue weighted by atomic mass is 32.1. The third-order valence-electron chi connectivity index (χ3n) is 5.62. The summed E-state index contributed by atoms with van der Waals surface area (Å²) in [7, 11) is 3.08. The van der Waals surface area contributed by atoms with E-state index < -0.39 is 5.69 Å². The van der Waals surface area contributed by atoms with Gasteiger partial charge in [0.25, 0.3) is 5.56 Å². The number of carbonyl (C=O) groups is 1. The van der Waals surface area contributed by atoms with Crippen LogP contribution in [0.15, 0.2) is 27.8 Å². The van der Waals surface area contributed by atoms with Crippen molar-refractivity contribution in [3.05, 3.63) is 55.0 Å². The van der Waals surface area contributed by atoms with E-state index in [1.54, 1.807) is 32.2 Å². The molecule has 0 fully saturated rings. The maximum atomic E-state index is 13.4. The predicted molar refractivity (Wildman–Crippen MR) is 118 cm³/mol. The van der Waals surface area contributed by atoms with Crippen molar-refractivity contribution in [2.24, 2.45) is 0 Å². The molecule has 9 heteroatoms. The number of hydrogen-bond donors (Lipinski definition) is 1. The van der Waals surface area contributed by atoms with Crippen molar-refractivity contribution in [2.75, 3.05) is 20.8 Å². The molecule has 1 atom stereocenters. The number of H-pyrrole nitrogens is 1. The molecule has 2 heterocycles. The molecule has 164 valence electrons. The van der Waals surface area contributed by atoms with Crippen molar-refractivity contribution in [3.63, 3.8) is 0 Å². The lowest BCUT2D eigenvalue weighted by Crippen LogP contribution is -2.35. The van der Waals surface area contributed by atoms with Gasteiger partial charge in [0.2, 0.25) is 0 Å². The van der Waals surface area contributed by atoms with Crippen molar-refractivity contribution < 1.29 is 19.0 Å². The summed E-state index contributed by atoms with van der Waals surface area (Å²) >= 11 is 1.42. The minimum atomic E-state index is -0.475. The number of thiophene rings is 1. The normalized spacial score (nSPS) is 15.1. The minimum Gasteiger partial charge on any atom is -0.497 e. The van der Waals surface area contributed by atoms with Gasteiger partial charge in [0.15, 0.2) is 0 Å². The molecular formula is C22H24N2O6S. The van der Waals surface area contributed by atoms with Gasteiger partial charge in [-0.25, -0.2) is 4.79 Å². The number of nitrogens with zero attached hydrogens (tertiary/aromatic N) is 1. The van der Waals surface area contributed by atoms with Gasteiger partial charge in [-0.05, 0) is 43.4 Å². The van der Waals surface area contributed by atoms with Gasteiger partial charge in [-0.1, -0.05) is 0 Å². The molecule has 1 aromatic carbocycles. The monoisotopic (exact) mass is 444 g/mol. The highest BCUT2D eigenvalue weighted by molar-refractivity contribution is 7.18. The molecule has 8 nitrogen and oxygen atoms in total. The Morgan fingerprint density at radius 1 is 1.26 bits per heavy atom. The molecular weight excluding hydrogens is 420 g/mol. The second-order valence-corrected chi connectivity index (χ2v) is 8.49. The summed E-state index contributed by atoms with van der Waals surface area (Å²) < 4.78 is 16.9. The second-order valence-electron chi connectivity index (χ2n) is 7.39. The van der Waals surface area contributed by atoms with Crippen LogP contribution >= 0.6 is 11.3 Å². The first-order chi connectivity index (χ1) is 15.0. The largest absolute Gasteiger partial charge is 0.497 e. The lowest BCUT2D eigenvalue weighted by atomic mass is 9.97. The van der Waals surface area contributed by atoms with Crippen LogP contribution in [0.4, 0.5) is 0 Å². The zero-order valence-electron chi connectivity index (χ0n) is 17.6. The number of rotatable bonds is 7. The molecule has 1 N–H and O–H groups in total. The molecule has 1 aliphatic carbocycles. The summed E-state index contributed by atoms with van der Waals surface area (Å²) in [6, 6.07) is 5.24. The third kappa shape index (κ3) is 3.85. The summed E-state index contributed by atoms with van der Waals surface area (Å²) in [6.07, 6.45) is 1.81. The highest BCUT2D eigenvalue weighted by Gasteiger charge is 2.31. The fourth-order valence-electron chi connectivity index (χ4n) is 4.17. The van der Waals surface area contributed by atoms with Crippen LogP contribution in [0.2, 0.25) is 0 Å². The molecule has 1 aliphatic rings. The van der Waals surface area contributed by atoms with Gasteiger partial charge in [0, 0.05) is 16.5 Å². The van der Waals surface area contributed by atoms with Gasteiger partial charge in [-0.3, -0.25) is 19.1 Å². The van der Waals surface area contributed by atoms with Crippen LogP contribution in [0, 0.1) is 0 Å². The van der Waals surface area contributed by atoms with Crippen LogP contribution in [0.5, 0.6) is 11.5 Å². The maximum absolute atomic E-state index is 13.4. The predicted octanol–water partition coefficient (Wildman–Crippen LogP) is 2.80. The molecule has 0 spiro atoms. The van der Waals surface area contributed by atoms with E-state index in [0.717, 1.165) is 23.3 Å². The Balaban J connectivity index is 1.78. The SMILES string of the molecule is CCOC(=O)CC1CCc2sc3[nH]c(=O)n(Cc4ccc(OC)cc4OC)c(=O)c3c21. The number of benzene rings is 1. The Bertz CT molecular complexity index is 1260. The van der Waals surface area contributed by atoms with Crippen LogP contribution in [0.25, 0.3) is 10.2 Å².